The summed E-state index contributed by atoms with van der Waals surface area (Å²) in [7, 11) is 0. The van der Waals surface area contributed by atoms with Crippen LogP contribution in [-0.4, -0.2) is 6.67 Å². The summed E-state index contributed by atoms with van der Waals surface area (Å²) >= 11 is 0. The summed E-state index contributed by atoms with van der Waals surface area (Å²) in [6.07, 6.45) is -4.26. The number of benzene rings is 1. The van der Waals surface area contributed by atoms with E-state index >= 15 is 0 Å². The van der Waals surface area contributed by atoms with Gasteiger partial charge in [-0.05, 0) is 18.2 Å². The molecule has 0 unspecified atom stereocenters. The standard InChI is InChI=1S/C8H7F3N2/c9-8(10,11)5-1-2-6-7(3-5)13-4-12-6/h1-3,12-13H,4H2. The van der Waals surface area contributed by atoms with Gasteiger partial charge in [0.1, 0.15) is 0 Å². The van der Waals surface area contributed by atoms with Gasteiger partial charge in [-0.25, -0.2) is 0 Å². The molecule has 0 amide bonds. The third-order valence-corrected chi connectivity index (χ3v) is 1.90. The SMILES string of the molecule is FC(F)(F)c1ccc2c(c1)NCN2. The Morgan fingerprint density at radius 2 is 1.77 bits per heavy atom. The Bertz CT molecular complexity index is 333. The van der Waals surface area contributed by atoms with Crippen LogP contribution in [0.3, 0.4) is 0 Å². The van der Waals surface area contributed by atoms with Crippen molar-refractivity contribution in [1.29, 1.82) is 0 Å². The average Bonchev–Trinajstić information content (AvgIpc) is 2.47. The van der Waals surface area contributed by atoms with Gasteiger partial charge in [0, 0.05) is 0 Å². The fourth-order valence-electron chi connectivity index (χ4n) is 1.26. The lowest BCUT2D eigenvalue weighted by atomic mass is 10.2. The van der Waals surface area contributed by atoms with Crippen molar-refractivity contribution < 1.29 is 13.2 Å². The van der Waals surface area contributed by atoms with Gasteiger partial charge >= 0.3 is 6.18 Å². The highest BCUT2D eigenvalue weighted by Crippen LogP contribution is 2.35. The molecule has 1 aliphatic heterocycles. The molecule has 0 fully saturated rings. The summed E-state index contributed by atoms with van der Waals surface area (Å²) in [6.45, 7) is 0.483. The topological polar surface area (TPSA) is 24.1 Å². The zero-order chi connectivity index (χ0) is 9.47. The molecule has 0 saturated carbocycles. The molecule has 0 bridgehead atoms. The van der Waals surface area contributed by atoms with Crippen molar-refractivity contribution in [3.8, 4) is 0 Å². The Hall–Kier alpha value is -1.39. The molecule has 5 heteroatoms. The maximum atomic E-state index is 12.2. The number of halogens is 3. The molecule has 1 heterocycles. The van der Waals surface area contributed by atoms with Crippen molar-refractivity contribution in [3.05, 3.63) is 23.8 Å². The van der Waals surface area contributed by atoms with Crippen molar-refractivity contribution in [1.82, 2.24) is 0 Å². The first-order chi connectivity index (χ1) is 6.07. The van der Waals surface area contributed by atoms with Crippen LogP contribution in [0.25, 0.3) is 0 Å². The van der Waals surface area contributed by atoms with Crippen LogP contribution in [-0.2, 0) is 6.18 Å². The molecule has 0 spiro atoms. The highest BCUT2D eigenvalue weighted by Gasteiger charge is 2.31. The van der Waals surface area contributed by atoms with Crippen LogP contribution in [0.4, 0.5) is 24.5 Å². The molecular weight excluding hydrogens is 181 g/mol. The van der Waals surface area contributed by atoms with Gasteiger partial charge < -0.3 is 10.6 Å². The van der Waals surface area contributed by atoms with E-state index in [0.717, 1.165) is 12.1 Å². The largest absolute Gasteiger partial charge is 0.416 e. The van der Waals surface area contributed by atoms with Gasteiger partial charge in [0.2, 0.25) is 0 Å². The predicted octanol–water partition coefficient (Wildman–Crippen LogP) is 2.50. The molecule has 0 atom stereocenters. The van der Waals surface area contributed by atoms with E-state index in [1.807, 2.05) is 0 Å². The summed E-state index contributed by atoms with van der Waals surface area (Å²) in [6, 6.07) is 3.60. The van der Waals surface area contributed by atoms with E-state index < -0.39 is 11.7 Å². The van der Waals surface area contributed by atoms with Gasteiger partial charge in [0.15, 0.2) is 0 Å². The zero-order valence-electron chi connectivity index (χ0n) is 6.57. The highest BCUT2D eigenvalue weighted by molar-refractivity contribution is 5.73. The molecule has 2 N–H and O–H groups in total. The summed E-state index contributed by atoms with van der Waals surface area (Å²) in [5, 5.41) is 5.70. The number of hydrogen-bond donors (Lipinski definition) is 2. The maximum absolute atomic E-state index is 12.2. The van der Waals surface area contributed by atoms with Gasteiger partial charge in [-0.15, -0.1) is 0 Å². The van der Waals surface area contributed by atoms with Crippen molar-refractivity contribution in [2.24, 2.45) is 0 Å². The molecule has 1 aromatic rings. The van der Waals surface area contributed by atoms with E-state index in [0.29, 0.717) is 18.0 Å². The van der Waals surface area contributed by atoms with E-state index in [9.17, 15) is 13.2 Å². The molecule has 1 aliphatic rings. The van der Waals surface area contributed by atoms with Gasteiger partial charge in [0.05, 0.1) is 23.6 Å². The second-order valence-electron chi connectivity index (χ2n) is 2.79. The van der Waals surface area contributed by atoms with Crippen molar-refractivity contribution >= 4 is 11.4 Å². The smallest absolute Gasteiger partial charge is 0.366 e. The van der Waals surface area contributed by atoms with Gasteiger partial charge in [0.25, 0.3) is 0 Å². The molecule has 0 aromatic heterocycles. The zero-order valence-corrected chi connectivity index (χ0v) is 6.57. The first-order valence-corrected chi connectivity index (χ1v) is 3.76. The Morgan fingerprint density at radius 3 is 2.46 bits per heavy atom. The summed E-state index contributed by atoms with van der Waals surface area (Å²) in [5.41, 5.74) is 0.602. The van der Waals surface area contributed by atoms with Crippen LogP contribution in [0.1, 0.15) is 5.56 Å². The number of alkyl halides is 3. The number of nitrogens with one attached hydrogen (secondary N) is 2. The lowest BCUT2D eigenvalue weighted by molar-refractivity contribution is -0.137. The summed E-state index contributed by atoms with van der Waals surface area (Å²) in [5.74, 6) is 0. The number of anilines is 2. The Morgan fingerprint density at radius 1 is 1.08 bits per heavy atom. The van der Waals surface area contributed by atoms with Crippen LogP contribution in [0.5, 0.6) is 0 Å². The Balaban J connectivity index is 2.42. The van der Waals surface area contributed by atoms with E-state index in [1.165, 1.54) is 6.07 Å². The molecule has 0 radical (unpaired) electrons. The summed E-state index contributed by atoms with van der Waals surface area (Å²) < 4.78 is 36.6. The lowest BCUT2D eigenvalue weighted by Crippen LogP contribution is -2.04. The molecule has 2 rings (SSSR count). The maximum Gasteiger partial charge on any atom is 0.416 e. The van der Waals surface area contributed by atoms with E-state index in [2.05, 4.69) is 10.6 Å². The lowest BCUT2D eigenvalue weighted by Gasteiger charge is -2.07. The average molecular weight is 188 g/mol. The number of hydrogen-bond acceptors (Lipinski definition) is 2. The molecule has 2 nitrogen and oxygen atoms in total. The second-order valence-corrected chi connectivity index (χ2v) is 2.79. The fraction of sp³-hybridized carbons (Fsp3) is 0.250. The molecular formula is C8H7F3N2. The minimum absolute atomic E-state index is 0.483. The normalized spacial score (nSPS) is 14.7. The highest BCUT2D eigenvalue weighted by atomic mass is 19.4. The predicted molar refractivity (Wildman–Crippen MR) is 43.6 cm³/mol. The monoisotopic (exact) mass is 188 g/mol. The van der Waals surface area contributed by atoms with Crippen molar-refractivity contribution in [2.75, 3.05) is 17.3 Å². The Kier molecular flexibility index (Phi) is 1.61. The van der Waals surface area contributed by atoms with Crippen LogP contribution < -0.4 is 10.6 Å². The number of fused-ring (bicyclic) bond motifs is 1. The Labute approximate surface area is 72.8 Å². The third kappa shape index (κ3) is 1.41. The van der Waals surface area contributed by atoms with Crippen LogP contribution in [0.2, 0.25) is 0 Å². The molecule has 1 aromatic carbocycles. The molecule has 0 saturated heterocycles. The van der Waals surface area contributed by atoms with E-state index in [4.69, 9.17) is 0 Å². The minimum Gasteiger partial charge on any atom is -0.366 e. The third-order valence-electron chi connectivity index (χ3n) is 1.90. The van der Waals surface area contributed by atoms with Crippen LogP contribution in [0.15, 0.2) is 18.2 Å². The van der Waals surface area contributed by atoms with E-state index in [1.54, 1.807) is 0 Å². The second kappa shape index (κ2) is 2.55. The van der Waals surface area contributed by atoms with Crippen molar-refractivity contribution in [3.63, 3.8) is 0 Å². The first kappa shape index (κ1) is 8.22. The quantitative estimate of drug-likeness (QED) is 0.653. The first-order valence-electron chi connectivity index (χ1n) is 3.76. The van der Waals surface area contributed by atoms with Crippen LogP contribution >= 0.6 is 0 Å². The van der Waals surface area contributed by atoms with Gasteiger partial charge in [-0.3, -0.25) is 0 Å². The molecule has 70 valence electrons. The van der Waals surface area contributed by atoms with Crippen molar-refractivity contribution in [2.45, 2.75) is 6.18 Å². The molecule has 13 heavy (non-hydrogen) atoms. The molecule has 0 aliphatic carbocycles. The number of rotatable bonds is 0. The van der Waals surface area contributed by atoms with Crippen LogP contribution in [0, 0.1) is 0 Å². The minimum atomic E-state index is -4.26. The van der Waals surface area contributed by atoms with Gasteiger partial charge in [-0.1, -0.05) is 0 Å². The summed E-state index contributed by atoms with van der Waals surface area (Å²) in [4.78, 5) is 0. The van der Waals surface area contributed by atoms with Gasteiger partial charge in [-0.2, -0.15) is 13.2 Å². The fourth-order valence-corrected chi connectivity index (χ4v) is 1.26. The van der Waals surface area contributed by atoms with E-state index in [-0.39, 0.29) is 0 Å².